The molecule has 1 aromatic heterocycles. The maximum atomic E-state index is 6.19. The molecule has 5 heteroatoms. The maximum absolute atomic E-state index is 6.19. The summed E-state index contributed by atoms with van der Waals surface area (Å²) in [7, 11) is 0. The molecule has 0 aliphatic carbocycles. The van der Waals surface area contributed by atoms with Crippen LogP contribution >= 0.6 is 11.6 Å². The molecule has 0 aromatic carbocycles. The Morgan fingerprint density at radius 1 is 1.24 bits per heavy atom. The van der Waals surface area contributed by atoms with Gasteiger partial charge in [-0.25, -0.2) is 0 Å². The van der Waals surface area contributed by atoms with Gasteiger partial charge < -0.3 is 10.6 Å². The van der Waals surface area contributed by atoms with Gasteiger partial charge in [0.1, 0.15) is 0 Å². The summed E-state index contributed by atoms with van der Waals surface area (Å²) in [5, 5.41) is 12.7. The molecule has 0 bridgehead atoms. The van der Waals surface area contributed by atoms with Gasteiger partial charge in [-0.15, -0.1) is 0 Å². The van der Waals surface area contributed by atoms with Crippen molar-refractivity contribution in [2.45, 2.75) is 78.0 Å². The zero-order valence-electron chi connectivity index (χ0n) is 14.2. The van der Waals surface area contributed by atoms with E-state index in [0.717, 1.165) is 42.3 Å². The number of nitrogens with one attached hydrogen (secondary N) is 2. The molecule has 0 amide bonds. The Morgan fingerprint density at radius 3 is 2.29 bits per heavy atom. The Balaban J connectivity index is 1.90. The van der Waals surface area contributed by atoms with E-state index >= 15 is 0 Å². The predicted molar refractivity (Wildman–Crippen MR) is 89.0 cm³/mol. The van der Waals surface area contributed by atoms with Crippen molar-refractivity contribution in [3.63, 3.8) is 0 Å². The van der Waals surface area contributed by atoms with Crippen molar-refractivity contribution in [2.75, 3.05) is 6.54 Å². The Labute approximate surface area is 133 Å². The van der Waals surface area contributed by atoms with E-state index in [0.29, 0.717) is 6.04 Å². The van der Waals surface area contributed by atoms with E-state index < -0.39 is 0 Å². The standard InChI is InChI=1S/C16H29ClN4/c1-11-14(17)12(2)21(19-11)8-7-18-13-9-15(3,4)20-16(5,6)10-13/h13,18,20H,7-10H2,1-6H3. The van der Waals surface area contributed by atoms with Crippen LogP contribution in [0.1, 0.15) is 51.9 Å². The molecular weight excluding hydrogens is 284 g/mol. The van der Waals surface area contributed by atoms with Gasteiger partial charge in [-0.05, 0) is 54.4 Å². The molecule has 2 N–H and O–H groups in total. The highest BCUT2D eigenvalue weighted by molar-refractivity contribution is 6.31. The second kappa shape index (κ2) is 5.90. The average Bonchev–Trinajstić information content (AvgIpc) is 2.53. The van der Waals surface area contributed by atoms with Crippen LogP contribution in [-0.2, 0) is 6.54 Å². The van der Waals surface area contributed by atoms with E-state index in [4.69, 9.17) is 11.6 Å². The first-order valence-corrected chi connectivity index (χ1v) is 8.20. The van der Waals surface area contributed by atoms with Gasteiger partial charge in [0.05, 0.1) is 23.0 Å². The van der Waals surface area contributed by atoms with Crippen molar-refractivity contribution in [2.24, 2.45) is 0 Å². The molecule has 4 nitrogen and oxygen atoms in total. The van der Waals surface area contributed by atoms with Crippen LogP contribution in [0.25, 0.3) is 0 Å². The highest BCUT2D eigenvalue weighted by atomic mass is 35.5. The topological polar surface area (TPSA) is 41.9 Å². The summed E-state index contributed by atoms with van der Waals surface area (Å²) in [6.07, 6.45) is 2.29. The van der Waals surface area contributed by atoms with Gasteiger partial charge in [0.15, 0.2) is 0 Å². The molecule has 0 atom stereocenters. The number of halogens is 1. The molecule has 21 heavy (non-hydrogen) atoms. The minimum atomic E-state index is 0.181. The summed E-state index contributed by atoms with van der Waals surface area (Å²) in [5.74, 6) is 0. The highest BCUT2D eigenvalue weighted by Gasteiger charge is 2.37. The number of piperidine rings is 1. The predicted octanol–water partition coefficient (Wildman–Crippen LogP) is 3.05. The Bertz CT molecular complexity index is 489. The third kappa shape index (κ3) is 4.21. The molecule has 0 radical (unpaired) electrons. The molecule has 0 unspecified atom stereocenters. The molecule has 2 heterocycles. The number of rotatable bonds is 4. The summed E-state index contributed by atoms with van der Waals surface area (Å²) in [6.45, 7) is 14.9. The van der Waals surface area contributed by atoms with E-state index in [1.54, 1.807) is 0 Å². The summed E-state index contributed by atoms with van der Waals surface area (Å²) in [5.41, 5.74) is 2.34. The van der Waals surface area contributed by atoms with Crippen LogP contribution in [0.5, 0.6) is 0 Å². The SMILES string of the molecule is Cc1nn(CCNC2CC(C)(C)NC(C)(C)C2)c(C)c1Cl. The Morgan fingerprint density at radius 2 is 1.81 bits per heavy atom. The van der Waals surface area contributed by atoms with Crippen LogP contribution in [0.2, 0.25) is 5.02 Å². The van der Waals surface area contributed by atoms with Crippen LogP contribution in [0.15, 0.2) is 0 Å². The quantitative estimate of drug-likeness (QED) is 0.898. The number of nitrogens with zero attached hydrogens (tertiary/aromatic N) is 2. The van der Waals surface area contributed by atoms with Gasteiger partial charge in [0.2, 0.25) is 0 Å². The fourth-order valence-electron chi connectivity index (χ4n) is 3.73. The molecule has 1 fully saturated rings. The second-order valence-electron chi connectivity index (χ2n) is 7.66. The van der Waals surface area contributed by atoms with Crippen LogP contribution < -0.4 is 10.6 Å². The second-order valence-corrected chi connectivity index (χ2v) is 8.04. The summed E-state index contributed by atoms with van der Waals surface area (Å²) in [6, 6.07) is 0.545. The monoisotopic (exact) mass is 312 g/mol. The molecule has 1 aromatic rings. The lowest BCUT2D eigenvalue weighted by Gasteiger charge is -2.46. The fourth-order valence-corrected chi connectivity index (χ4v) is 3.87. The summed E-state index contributed by atoms with van der Waals surface area (Å²) < 4.78 is 2.00. The number of hydrogen-bond acceptors (Lipinski definition) is 3. The number of hydrogen-bond donors (Lipinski definition) is 2. The van der Waals surface area contributed by atoms with Crippen molar-refractivity contribution in [3.8, 4) is 0 Å². The van der Waals surface area contributed by atoms with Gasteiger partial charge in [-0.1, -0.05) is 11.6 Å². The lowest BCUT2D eigenvalue weighted by Crippen LogP contribution is -2.61. The van der Waals surface area contributed by atoms with Crippen LogP contribution in [0, 0.1) is 13.8 Å². The summed E-state index contributed by atoms with van der Waals surface area (Å²) in [4.78, 5) is 0. The zero-order valence-corrected chi connectivity index (χ0v) is 14.9. The maximum Gasteiger partial charge on any atom is 0.0844 e. The lowest BCUT2D eigenvalue weighted by atomic mass is 9.79. The van der Waals surface area contributed by atoms with Crippen LogP contribution in [-0.4, -0.2) is 33.4 Å². The average molecular weight is 313 g/mol. The lowest BCUT2D eigenvalue weighted by molar-refractivity contribution is 0.145. The minimum absolute atomic E-state index is 0.181. The smallest absolute Gasteiger partial charge is 0.0844 e. The summed E-state index contributed by atoms with van der Waals surface area (Å²) >= 11 is 6.19. The molecule has 0 spiro atoms. The molecule has 1 aliphatic heterocycles. The van der Waals surface area contributed by atoms with Gasteiger partial charge in [-0.2, -0.15) is 5.10 Å². The third-order valence-electron chi connectivity index (χ3n) is 4.24. The van der Waals surface area contributed by atoms with E-state index in [1.165, 1.54) is 0 Å². The first-order valence-electron chi connectivity index (χ1n) is 7.82. The molecule has 0 saturated carbocycles. The molecule has 2 rings (SSSR count). The Hall–Kier alpha value is -0.580. The van der Waals surface area contributed by atoms with E-state index in [-0.39, 0.29) is 11.1 Å². The molecule has 1 aliphatic rings. The van der Waals surface area contributed by atoms with Gasteiger partial charge >= 0.3 is 0 Å². The molecular formula is C16H29ClN4. The van der Waals surface area contributed by atoms with E-state index in [1.807, 2.05) is 18.5 Å². The van der Waals surface area contributed by atoms with Crippen LogP contribution in [0.4, 0.5) is 0 Å². The largest absolute Gasteiger partial charge is 0.312 e. The third-order valence-corrected chi connectivity index (χ3v) is 4.79. The van der Waals surface area contributed by atoms with Crippen molar-refractivity contribution >= 4 is 11.6 Å². The number of aromatic nitrogens is 2. The van der Waals surface area contributed by atoms with Gasteiger partial charge in [0.25, 0.3) is 0 Å². The normalized spacial score (nSPS) is 21.7. The zero-order chi connectivity index (χ0) is 15.8. The van der Waals surface area contributed by atoms with Crippen molar-refractivity contribution in [1.82, 2.24) is 20.4 Å². The van der Waals surface area contributed by atoms with Gasteiger partial charge in [0, 0.05) is 23.7 Å². The first kappa shape index (κ1) is 16.8. The fraction of sp³-hybridized carbons (Fsp3) is 0.812. The van der Waals surface area contributed by atoms with E-state index in [2.05, 4.69) is 43.4 Å². The number of aryl methyl sites for hydroxylation is 1. The molecule has 120 valence electrons. The first-order chi connectivity index (χ1) is 9.60. The van der Waals surface area contributed by atoms with Crippen LogP contribution in [0.3, 0.4) is 0 Å². The van der Waals surface area contributed by atoms with Crippen molar-refractivity contribution in [1.29, 1.82) is 0 Å². The highest BCUT2D eigenvalue weighted by Crippen LogP contribution is 2.28. The minimum Gasteiger partial charge on any atom is -0.312 e. The van der Waals surface area contributed by atoms with Crippen molar-refractivity contribution < 1.29 is 0 Å². The van der Waals surface area contributed by atoms with Gasteiger partial charge in [-0.3, -0.25) is 4.68 Å². The van der Waals surface area contributed by atoms with E-state index in [9.17, 15) is 0 Å². The van der Waals surface area contributed by atoms with Crippen molar-refractivity contribution in [3.05, 3.63) is 16.4 Å². The molecule has 1 saturated heterocycles. The Kier molecular flexibility index (Phi) is 4.72.